The fraction of sp³-hybridized carbons (Fsp3) is 0.0833. The van der Waals surface area contributed by atoms with Gasteiger partial charge in [-0.15, -0.1) is 0 Å². The first kappa shape index (κ1) is 30.1. The van der Waals surface area contributed by atoms with Gasteiger partial charge in [-0.05, 0) is 87.9 Å². The Morgan fingerprint density at radius 3 is 2.24 bits per heavy atom. The van der Waals surface area contributed by atoms with E-state index in [0.717, 1.165) is 26.3 Å². The summed E-state index contributed by atoms with van der Waals surface area (Å²) in [7, 11) is 1.50. The number of benzene rings is 5. The maximum atomic E-state index is 14.1. The molecule has 0 bridgehead atoms. The standard InChI is InChI=1S/C36H26BrClN2O5/c1-22-10-16-27(17-11-22)39-34(41)29(35(42)40(36(39)43)31-9-5-7-25-6-3-4-8-28(25)31)18-24-19-30(37)33(32(20-24)44-2)45-21-23-12-14-26(38)15-13-23/h3-20H,21H2,1-2H3/b29-18+. The number of carbonyl (C=O) groups excluding carboxylic acids is 3. The van der Waals surface area contributed by atoms with Gasteiger partial charge < -0.3 is 9.47 Å². The van der Waals surface area contributed by atoms with Gasteiger partial charge in [0.25, 0.3) is 11.8 Å². The van der Waals surface area contributed by atoms with Gasteiger partial charge in [-0.1, -0.05) is 77.8 Å². The van der Waals surface area contributed by atoms with Crippen molar-refractivity contribution in [2.45, 2.75) is 13.5 Å². The predicted octanol–water partition coefficient (Wildman–Crippen LogP) is 8.74. The zero-order chi connectivity index (χ0) is 31.7. The highest BCUT2D eigenvalue weighted by atomic mass is 79.9. The monoisotopic (exact) mass is 680 g/mol. The lowest BCUT2D eigenvalue weighted by Crippen LogP contribution is -2.57. The number of ether oxygens (including phenoxy) is 2. The molecule has 4 amide bonds. The summed E-state index contributed by atoms with van der Waals surface area (Å²) in [5.41, 5.74) is 2.90. The first-order valence-electron chi connectivity index (χ1n) is 14.0. The summed E-state index contributed by atoms with van der Waals surface area (Å²) < 4.78 is 12.2. The Morgan fingerprint density at radius 1 is 0.822 bits per heavy atom. The third-order valence-electron chi connectivity index (χ3n) is 7.41. The van der Waals surface area contributed by atoms with Crippen molar-refractivity contribution in [3.63, 3.8) is 0 Å². The number of urea groups is 1. The van der Waals surface area contributed by atoms with Crippen LogP contribution in [0, 0.1) is 6.92 Å². The molecule has 1 heterocycles. The normalized spacial score (nSPS) is 14.4. The Hall–Kier alpha value is -4.92. The van der Waals surface area contributed by atoms with Crippen LogP contribution in [-0.2, 0) is 16.2 Å². The van der Waals surface area contributed by atoms with E-state index < -0.39 is 17.8 Å². The van der Waals surface area contributed by atoms with Crippen LogP contribution in [0.5, 0.6) is 11.5 Å². The van der Waals surface area contributed by atoms with Crippen LogP contribution in [0.25, 0.3) is 16.8 Å². The number of hydrogen-bond acceptors (Lipinski definition) is 5. The van der Waals surface area contributed by atoms with Crippen LogP contribution in [0.1, 0.15) is 16.7 Å². The van der Waals surface area contributed by atoms with Gasteiger partial charge in [-0.2, -0.15) is 0 Å². The molecule has 1 aliphatic rings. The number of methoxy groups -OCH3 is 1. The van der Waals surface area contributed by atoms with E-state index in [1.807, 2.05) is 61.5 Å². The number of imide groups is 2. The molecule has 1 saturated heterocycles. The van der Waals surface area contributed by atoms with E-state index in [0.29, 0.717) is 43.3 Å². The van der Waals surface area contributed by atoms with Crippen molar-refractivity contribution < 1.29 is 23.9 Å². The molecule has 0 atom stereocenters. The number of amides is 4. The average Bonchev–Trinajstić information content (AvgIpc) is 3.04. The molecule has 5 aromatic rings. The molecule has 6 rings (SSSR count). The number of barbiturate groups is 1. The third-order valence-corrected chi connectivity index (χ3v) is 8.25. The summed E-state index contributed by atoms with van der Waals surface area (Å²) in [4.78, 5) is 44.2. The molecule has 224 valence electrons. The molecule has 1 aliphatic heterocycles. The fourth-order valence-corrected chi connectivity index (χ4v) is 5.83. The molecule has 0 spiro atoms. The summed E-state index contributed by atoms with van der Waals surface area (Å²) in [6.45, 7) is 2.17. The van der Waals surface area contributed by atoms with E-state index in [1.54, 1.807) is 48.5 Å². The summed E-state index contributed by atoms with van der Waals surface area (Å²) in [5, 5.41) is 2.18. The molecule has 0 saturated carbocycles. The lowest BCUT2D eigenvalue weighted by molar-refractivity contribution is -0.121. The molecule has 0 aromatic heterocycles. The highest BCUT2D eigenvalue weighted by Gasteiger charge is 2.44. The second-order valence-electron chi connectivity index (χ2n) is 10.4. The molecule has 9 heteroatoms. The highest BCUT2D eigenvalue weighted by Crippen LogP contribution is 2.39. The number of anilines is 2. The number of carbonyl (C=O) groups is 3. The van der Waals surface area contributed by atoms with Crippen LogP contribution in [-0.4, -0.2) is 25.0 Å². The van der Waals surface area contributed by atoms with Gasteiger partial charge in [-0.3, -0.25) is 9.59 Å². The van der Waals surface area contributed by atoms with Crippen molar-refractivity contribution in [3.8, 4) is 11.5 Å². The zero-order valence-corrected chi connectivity index (χ0v) is 26.6. The Labute approximate surface area is 273 Å². The minimum Gasteiger partial charge on any atom is -0.493 e. The predicted molar refractivity (Wildman–Crippen MR) is 180 cm³/mol. The van der Waals surface area contributed by atoms with E-state index in [4.69, 9.17) is 21.1 Å². The molecule has 0 aliphatic carbocycles. The second-order valence-corrected chi connectivity index (χ2v) is 11.7. The molecule has 45 heavy (non-hydrogen) atoms. The molecule has 0 N–H and O–H groups in total. The Balaban J connectivity index is 1.43. The first-order valence-corrected chi connectivity index (χ1v) is 15.2. The lowest BCUT2D eigenvalue weighted by Gasteiger charge is -2.34. The molecule has 0 unspecified atom stereocenters. The maximum Gasteiger partial charge on any atom is 0.343 e. The largest absolute Gasteiger partial charge is 0.493 e. The van der Waals surface area contributed by atoms with Crippen molar-refractivity contribution in [1.29, 1.82) is 0 Å². The fourth-order valence-electron chi connectivity index (χ4n) is 5.13. The van der Waals surface area contributed by atoms with Crippen molar-refractivity contribution in [1.82, 2.24) is 0 Å². The quantitative estimate of drug-likeness (QED) is 0.127. The van der Waals surface area contributed by atoms with E-state index in [1.165, 1.54) is 13.2 Å². The summed E-state index contributed by atoms with van der Waals surface area (Å²) in [6, 6.07) is 29.8. The minimum atomic E-state index is -0.757. The summed E-state index contributed by atoms with van der Waals surface area (Å²) >= 11 is 9.56. The number of nitrogens with zero attached hydrogens (tertiary/aromatic N) is 2. The van der Waals surface area contributed by atoms with Crippen molar-refractivity contribution >= 4 is 73.6 Å². The van der Waals surface area contributed by atoms with Crippen LogP contribution >= 0.6 is 27.5 Å². The summed E-state index contributed by atoms with van der Waals surface area (Å²) in [6.07, 6.45) is 1.46. The minimum absolute atomic E-state index is 0.188. The van der Waals surface area contributed by atoms with Crippen LogP contribution < -0.4 is 19.3 Å². The Bertz CT molecular complexity index is 1990. The molecular formula is C36H26BrClN2O5. The van der Waals surface area contributed by atoms with Gasteiger partial charge in [0, 0.05) is 10.4 Å². The Kier molecular flexibility index (Phi) is 8.43. The van der Waals surface area contributed by atoms with Crippen LogP contribution in [0.4, 0.5) is 16.2 Å². The van der Waals surface area contributed by atoms with Gasteiger partial charge in [0.05, 0.1) is 23.0 Å². The number of aryl methyl sites for hydroxylation is 1. The van der Waals surface area contributed by atoms with E-state index in [2.05, 4.69) is 15.9 Å². The first-order chi connectivity index (χ1) is 21.7. The number of halogens is 2. The van der Waals surface area contributed by atoms with E-state index in [9.17, 15) is 14.4 Å². The number of hydrogen-bond donors (Lipinski definition) is 0. The smallest absolute Gasteiger partial charge is 0.343 e. The number of rotatable bonds is 7. The van der Waals surface area contributed by atoms with E-state index >= 15 is 0 Å². The van der Waals surface area contributed by atoms with Crippen molar-refractivity contribution in [3.05, 3.63) is 135 Å². The van der Waals surface area contributed by atoms with Gasteiger partial charge >= 0.3 is 6.03 Å². The van der Waals surface area contributed by atoms with Gasteiger partial charge in [0.1, 0.15) is 12.2 Å². The zero-order valence-electron chi connectivity index (χ0n) is 24.3. The van der Waals surface area contributed by atoms with Crippen LogP contribution in [0.2, 0.25) is 5.02 Å². The average molecular weight is 682 g/mol. The molecule has 7 nitrogen and oxygen atoms in total. The topological polar surface area (TPSA) is 76.2 Å². The van der Waals surface area contributed by atoms with Gasteiger partial charge in [-0.25, -0.2) is 14.6 Å². The Morgan fingerprint density at radius 2 is 1.51 bits per heavy atom. The van der Waals surface area contributed by atoms with Crippen molar-refractivity contribution in [2.24, 2.45) is 0 Å². The van der Waals surface area contributed by atoms with Gasteiger partial charge in [0.15, 0.2) is 11.5 Å². The molecule has 0 radical (unpaired) electrons. The molecule has 5 aromatic carbocycles. The van der Waals surface area contributed by atoms with E-state index in [-0.39, 0.29) is 12.2 Å². The number of fused-ring (bicyclic) bond motifs is 1. The summed E-state index contributed by atoms with van der Waals surface area (Å²) in [5.74, 6) is -0.630. The van der Waals surface area contributed by atoms with Gasteiger partial charge in [0.2, 0.25) is 0 Å². The lowest BCUT2D eigenvalue weighted by atomic mass is 10.0. The maximum absolute atomic E-state index is 14.1. The molecule has 1 fully saturated rings. The van der Waals surface area contributed by atoms with Crippen molar-refractivity contribution in [2.75, 3.05) is 16.9 Å². The SMILES string of the molecule is COc1cc(/C=C2\C(=O)N(c3ccc(C)cc3)C(=O)N(c3cccc4ccccc34)C2=O)cc(Br)c1OCc1ccc(Cl)cc1. The molecular weight excluding hydrogens is 656 g/mol. The third kappa shape index (κ3) is 5.94. The van der Waals surface area contributed by atoms with Crippen LogP contribution in [0.15, 0.2) is 113 Å². The van der Waals surface area contributed by atoms with Crippen LogP contribution in [0.3, 0.4) is 0 Å². The second kappa shape index (κ2) is 12.6. The highest BCUT2D eigenvalue weighted by molar-refractivity contribution is 9.10.